The fourth-order valence-corrected chi connectivity index (χ4v) is 2.35. The number of aliphatic carboxylic acids is 1. The van der Waals surface area contributed by atoms with E-state index < -0.39 is 5.97 Å². The topological polar surface area (TPSA) is 74.7 Å². The van der Waals surface area contributed by atoms with Crippen molar-refractivity contribution < 1.29 is 19.5 Å². The number of nitrogens with zero attached hydrogens (tertiary/aromatic N) is 1. The van der Waals surface area contributed by atoms with Gasteiger partial charge in [0, 0.05) is 17.9 Å². The highest BCUT2D eigenvalue weighted by Gasteiger charge is 2.43. The smallest absolute Gasteiger partial charge is 0.328 e. The SMILES string of the molecule is Cc1cc(N2C(=O)C(C)C(C)C2=O)ccc1/C=C/C(=O)O. The van der Waals surface area contributed by atoms with Gasteiger partial charge in [0.25, 0.3) is 0 Å². The molecule has 21 heavy (non-hydrogen) atoms. The van der Waals surface area contributed by atoms with Crippen molar-refractivity contribution in [2.75, 3.05) is 4.90 Å². The monoisotopic (exact) mass is 287 g/mol. The maximum atomic E-state index is 12.2. The highest BCUT2D eigenvalue weighted by atomic mass is 16.4. The van der Waals surface area contributed by atoms with Crippen molar-refractivity contribution in [1.29, 1.82) is 0 Å². The average Bonchev–Trinajstić information content (AvgIpc) is 2.61. The van der Waals surface area contributed by atoms with Crippen LogP contribution >= 0.6 is 0 Å². The number of imide groups is 1. The van der Waals surface area contributed by atoms with Crippen LogP contribution in [0.15, 0.2) is 24.3 Å². The number of carbonyl (C=O) groups is 3. The Morgan fingerprint density at radius 1 is 1.19 bits per heavy atom. The first-order valence-corrected chi connectivity index (χ1v) is 6.72. The zero-order chi connectivity index (χ0) is 15.7. The Labute approximate surface area is 122 Å². The van der Waals surface area contributed by atoms with Crippen LogP contribution in [0.5, 0.6) is 0 Å². The number of amides is 2. The molecule has 1 aromatic rings. The minimum atomic E-state index is -1.02. The van der Waals surface area contributed by atoms with Gasteiger partial charge >= 0.3 is 5.97 Å². The van der Waals surface area contributed by atoms with E-state index in [1.807, 2.05) is 6.92 Å². The van der Waals surface area contributed by atoms with Crippen molar-refractivity contribution in [3.05, 3.63) is 35.4 Å². The molecular formula is C16H17NO4. The lowest BCUT2D eigenvalue weighted by Gasteiger charge is -2.16. The van der Waals surface area contributed by atoms with Crippen LogP contribution in [0.4, 0.5) is 5.69 Å². The van der Waals surface area contributed by atoms with Crippen molar-refractivity contribution in [2.45, 2.75) is 20.8 Å². The predicted octanol–water partition coefficient (Wildman–Crippen LogP) is 2.24. The second-order valence-electron chi connectivity index (χ2n) is 5.30. The highest BCUT2D eigenvalue weighted by Crippen LogP contribution is 2.31. The van der Waals surface area contributed by atoms with E-state index in [4.69, 9.17) is 5.11 Å². The number of hydrogen-bond acceptors (Lipinski definition) is 3. The van der Waals surface area contributed by atoms with Gasteiger partial charge in [0.05, 0.1) is 5.69 Å². The van der Waals surface area contributed by atoms with Gasteiger partial charge in [-0.3, -0.25) is 14.5 Å². The summed E-state index contributed by atoms with van der Waals surface area (Å²) in [6.07, 6.45) is 2.54. The van der Waals surface area contributed by atoms with Crippen LogP contribution < -0.4 is 4.90 Å². The Morgan fingerprint density at radius 2 is 1.76 bits per heavy atom. The van der Waals surface area contributed by atoms with E-state index in [1.165, 1.54) is 11.0 Å². The Hall–Kier alpha value is -2.43. The summed E-state index contributed by atoms with van der Waals surface area (Å²) in [5.74, 6) is -2.04. The zero-order valence-corrected chi connectivity index (χ0v) is 12.2. The third kappa shape index (κ3) is 2.72. The number of carbonyl (C=O) groups excluding carboxylic acids is 2. The molecule has 1 aliphatic rings. The fourth-order valence-electron chi connectivity index (χ4n) is 2.35. The van der Waals surface area contributed by atoms with Gasteiger partial charge in [-0.2, -0.15) is 0 Å². The van der Waals surface area contributed by atoms with Gasteiger partial charge < -0.3 is 5.11 Å². The fraction of sp³-hybridized carbons (Fsp3) is 0.312. The first-order valence-electron chi connectivity index (χ1n) is 6.72. The molecule has 0 bridgehead atoms. The number of benzene rings is 1. The van der Waals surface area contributed by atoms with E-state index in [-0.39, 0.29) is 23.7 Å². The van der Waals surface area contributed by atoms with Gasteiger partial charge in [0.15, 0.2) is 0 Å². The molecule has 0 aliphatic carbocycles. The van der Waals surface area contributed by atoms with Gasteiger partial charge in [0.1, 0.15) is 0 Å². The molecule has 2 unspecified atom stereocenters. The minimum Gasteiger partial charge on any atom is -0.478 e. The van der Waals surface area contributed by atoms with Crippen LogP contribution in [0.3, 0.4) is 0 Å². The van der Waals surface area contributed by atoms with Crippen LogP contribution in [0.1, 0.15) is 25.0 Å². The van der Waals surface area contributed by atoms with Crippen molar-refractivity contribution in [2.24, 2.45) is 11.8 Å². The van der Waals surface area contributed by atoms with Gasteiger partial charge in [-0.05, 0) is 36.3 Å². The first-order chi connectivity index (χ1) is 9.82. The molecule has 2 amide bonds. The van der Waals surface area contributed by atoms with Crippen LogP contribution in [-0.2, 0) is 14.4 Å². The quantitative estimate of drug-likeness (QED) is 0.683. The number of carboxylic acid groups (broad SMARTS) is 1. The Morgan fingerprint density at radius 3 is 2.24 bits per heavy atom. The maximum absolute atomic E-state index is 12.2. The molecule has 0 saturated carbocycles. The largest absolute Gasteiger partial charge is 0.478 e. The number of rotatable bonds is 3. The summed E-state index contributed by atoms with van der Waals surface area (Å²) in [7, 11) is 0. The molecule has 1 heterocycles. The number of anilines is 1. The molecule has 1 N–H and O–H groups in total. The first kappa shape index (κ1) is 15.0. The van der Waals surface area contributed by atoms with Gasteiger partial charge in [0.2, 0.25) is 11.8 Å². The molecule has 1 fully saturated rings. The van der Waals surface area contributed by atoms with Gasteiger partial charge in [-0.1, -0.05) is 19.9 Å². The summed E-state index contributed by atoms with van der Waals surface area (Å²) < 4.78 is 0. The summed E-state index contributed by atoms with van der Waals surface area (Å²) in [4.78, 5) is 36.1. The van der Waals surface area contributed by atoms with Crippen molar-refractivity contribution in [1.82, 2.24) is 0 Å². The molecule has 1 aliphatic heterocycles. The molecule has 110 valence electrons. The normalized spacial score (nSPS) is 22.3. The number of carboxylic acids is 1. The van der Waals surface area contributed by atoms with Crippen molar-refractivity contribution in [3.8, 4) is 0 Å². The average molecular weight is 287 g/mol. The molecular weight excluding hydrogens is 270 g/mol. The van der Waals surface area contributed by atoms with E-state index in [0.29, 0.717) is 5.69 Å². The number of hydrogen-bond donors (Lipinski definition) is 1. The zero-order valence-electron chi connectivity index (χ0n) is 12.2. The lowest BCUT2D eigenvalue weighted by atomic mass is 10.00. The molecule has 0 radical (unpaired) electrons. The van der Waals surface area contributed by atoms with Crippen molar-refractivity contribution >= 4 is 29.5 Å². The summed E-state index contributed by atoms with van der Waals surface area (Å²) in [5, 5.41) is 8.64. The minimum absolute atomic E-state index is 0.194. The van der Waals surface area contributed by atoms with E-state index in [0.717, 1.165) is 17.2 Å². The van der Waals surface area contributed by atoms with E-state index in [1.54, 1.807) is 32.0 Å². The number of aryl methyl sites for hydroxylation is 1. The predicted molar refractivity (Wildman–Crippen MR) is 78.7 cm³/mol. The summed E-state index contributed by atoms with van der Waals surface area (Å²) in [6, 6.07) is 5.09. The third-order valence-corrected chi connectivity index (χ3v) is 3.89. The molecule has 5 heteroatoms. The molecule has 2 atom stereocenters. The Kier molecular flexibility index (Phi) is 3.93. The molecule has 0 aromatic heterocycles. The molecule has 1 aromatic carbocycles. The summed E-state index contributed by atoms with van der Waals surface area (Å²) in [5.41, 5.74) is 2.07. The third-order valence-electron chi connectivity index (χ3n) is 3.89. The van der Waals surface area contributed by atoms with Crippen LogP contribution in [-0.4, -0.2) is 22.9 Å². The summed E-state index contributed by atoms with van der Waals surface area (Å²) >= 11 is 0. The maximum Gasteiger partial charge on any atom is 0.328 e. The van der Waals surface area contributed by atoms with Gasteiger partial charge in [-0.15, -0.1) is 0 Å². The van der Waals surface area contributed by atoms with Crippen LogP contribution in [0, 0.1) is 18.8 Å². The van der Waals surface area contributed by atoms with E-state index >= 15 is 0 Å². The lowest BCUT2D eigenvalue weighted by Crippen LogP contribution is -2.30. The molecule has 2 rings (SSSR count). The Bertz CT molecular complexity index is 628. The summed E-state index contributed by atoms with van der Waals surface area (Å²) in [6.45, 7) is 5.31. The standard InChI is InChI=1S/C16H17NO4/c1-9-8-13(6-4-12(9)5-7-14(18)19)17-15(20)10(2)11(3)16(17)21/h4-8,10-11H,1-3H3,(H,18,19)/b7-5+. The Balaban J connectivity index is 2.35. The van der Waals surface area contributed by atoms with Crippen LogP contribution in [0.2, 0.25) is 0 Å². The van der Waals surface area contributed by atoms with Crippen LogP contribution in [0.25, 0.3) is 6.08 Å². The van der Waals surface area contributed by atoms with E-state index in [2.05, 4.69) is 0 Å². The molecule has 1 saturated heterocycles. The molecule has 0 spiro atoms. The lowest BCUT2D eigenvalue weighted by molar-refractivity contribution is -0.131. The van der Waals surface area contributed by atoms with Gasteiger partial charge in [-0.25, -0.2) is 4.79 Å². The molecule has 5 nitrogen and oxygen atoms in total. The van der Waals surface area contributed by atoms with E-state index in [9.17, 15) is 14.4 Å². The highest BCUT2D eigenvalue weighted by molar-refractivity contribution is 6.21. The second kappa shape index (κ2) is 5.52. The van der Waals surface area contributed by atoms with Crippen molar-refractivity contribution in [3.63, 3.8) is 0 Å². The second-order valence-corrected chi connectivity index (χ2v) is 5.30.